The van der Waals surface area contributed by atoms with Gasteiger partial charge in [-0.2, -0.15) is 0 Å². The van der Waals surface area contributed by atoms with E-state index in [-0.39, 0.29) is 5.91 Å². The molecule has 0 atom stereocenters. The molecule has 0 saturated carbocycles. The molecule has 0 aliphatic rings. The molecule has 15 heavy (non-hydrogen) atoms. The van der Waals surface area contributed by atoms with Gasteiger partial charge in [-0.25, -0.2) is 5.48 Å². The Morgan fingerprint density at radius 3 is 3.07 bits per heavy atom. The number of thiophene rings is 1. The average Bonchev–Trinajstić information content (AvgIpc) is 2.69. The van der Waals surface area contributed by atoms with Gasteiger partial charge in [-0.1, -0.05) is 18.2 Å². The van der Waals surface area contributed by atoms with E-state index < -0.39 is 0 Å². The number of rotatable bonds is 3. The molecule has 2 rings (SSSR count). The van der Waals surface area contributed by atoms with E-state index >= 15 is 0 Å². The fourth-order valence-electron chi connectivity index (χ4n) is 1.35. The van der Waals surface area contributed by atoms with E-state index in [0.717, 1.165) is 10.1 Å². The summed E-state index contributed by atoms with van der Waals surface area (Å²) in [7, 11) is 0. The third-order valence-electron chi connectivity index (χ3n) is 2.03. The van der Waals surface area contributed by atoms with Crippen LogP contribution in [0.1, 0.15) is 17.3 Å². The van der Waals surface area contributed by atoms with Crippen LogP contribution in [0.4, 0.5) is 0 Å². The minimum Gasteiger partial charge on any atom is -0.274 e. The molecule has 0 aliphatic heterocycles. The van der Waals surface area contributed by atoms with Crippen LogP contribution in [0, 0.1) is 0 Å². The first-order valence-electron chi connectivity index (χ1n) is 4.71. The SMILES string of the molecule is CCONC(=O)c1csc2ccccc12. The van der Waals surface area contributed by atoms with Crippen LogP contribution >= 0.6 is 11.3 Å². The molecule has 2 aromatic rings. The average molecular weight is 221 g/mol. The van der Waals surface area contributed by atoms with Crippen molar-refractivity contribution in [3.63, 3.8) is 0 Å². The van der Waals surface area contributed by atoms with Crippen LogP contribution in [0.3, 0.4) is 0 Å². The molecule has 1 amide bonds. The van der Waals surface area contributed by atoms with Crippen molar-refractivity contribution >= 4 is 27.3 Å². The Bertz CT molecular complexity index is 478. The molecule has 0 saturated heterocycles. The first-order valence-corrected chi connectivity index (χ1v) is 5.59. The molecule has 0 spiro atoms. The molecular weight excluding hydrogens is 210 g/mol. The number of hydroxylamine groups is 1. The second kappa shape index (κ2) is 4.42. The summed E-state index contributed by atoms with van der Waals surface area (Å²) in [5.74, 6) is -0.186. The number of fused-ring (bicyclic) bond motifs is 1. The maximum absolute atomic E-state index is 11.6. The Morgan fingerprint density at radius 2 is 2.27 bits per heavy atom. The van der Waals surface area contributed by atoms with E-state index in [2.05, 4.69) is 5.48 Å². The molecule has 1 heterocycles. The summed E-state index contributed by atoms with van der Waals surface area (Å²) in [6, 6.07) is 7.82. The Hall–Kier alpha value is -1.39. The molecule has 1 aromatic heterocycles. The van der Waals surface area contributed by atoms with Crippen molar-refractivity contribution in [1.29, 1.82) is 0 Å². The smallest absolute Gasteiger partial charge is 0.274 e. The van der Waals surface area contributed by atoms with E-state index in [1.807, 2.05) is 36.6 Å². The van der Waals surface area contributed by atoms with Gasteiger partial charge in [-0.3, -0.25) is 9.63 Å². The summed E-state index contributed by atoms with van der Waals surface area (Å²) in [4.78, 5) is 16.5. The van der Waals surface area contributed by atoms with Gasteiger partial charge in [-0.15, -0.1) is 11.3 Å². The number of carbonyl (C=O) groups is 1. The molecule has 0 radical (unpaired) electrons. The Labute approximate surface area is 91.6 Å². The fourth-order valence-corrected chi connectivity index (χ4v) is 2.29. The lowest BCUT2D eigenvalue weighted by Gasteiger charge is -2.01. The Morgan fingerprint density at radius 1 is 1.47 bits per heavy atom. The van der Waals surface area contributed by atoms with E-state index in [4.69, 9.17) is 4.84 Å². The van der Waals surface area contributed by atoms with E-state index in [1.54, 1.807) is 11.3 Å². The van der Waals surface area contributed by atoms with E-state index in [0.29, 0.717) is 12.2 Å². The van der Waals surface area contributed by atoms with Crippen molar-refractivity contribution in [2.24, 2.45) is 0 Å². The summed E-state index contributed by atoms with van der Waals surface area (Å²) in [6.45, 7) is 2.29. The van der Waals surface area contributed by atoms with E-state index in [1.165, 1.54) is 0 Å². The summed E-state index contributed by atoms with van der Waals surface area (Å²) < 4.78 is 1.11. The number of hydrogen-bond acceptors (Lipinski definition) is 3. The van der Waals surface area contributed by atoms with Gasteiger partial charge in [0.25, 0.3) is 5.91 Å². The Balaban J connectivity index is 2.31. The molecular formula is C11H11NO2S. The number of benzene rings is 1. The van der Waals surface area contributed by atoms with Gasteiger partial charge in [0.1, 0.15) is 0 Å². The number of carbonyl (C=O) groups excluding carboxylic acids is 1. The highest BCUT2D eigenvalue weighted by Gasteiger charge is 2.10. The molecule has 4 heteroatoms. The van der Waals surface area contributed by atoms with Crippen molar-refractivity contribution in [3.05, 3.63) is 35.2 Å². The predicted octanol–water partition coefficient (Wildman–Crippen LogP) is 2.58. The Kier molecular flexibility index (Phi) is 2.99. The van der Waals surface area contributed by atoms with Crippen molar-refractivity contribution in [3.8, 4) is 0 Å². The molecule has 0 bridgehead atoms. The highest BCUT2D eigenvalue weighted by atomic mass is 32.1. The zero-order valence-electron chi connectivity index (χ0n) is 8.32. The molecule has 1 aromatic carbocycles. The highest BCUT2D eigenvalue weighted by Crippen LogP contribution is 2.25. The van der Waals surface area contributed by atoms with Crippen LogP contribution in [0.2, 0.25) is 0 Å². The maximum Gasteiger partial charge on any atom is 0.276 e. The molecule has 0 unspecified atom stereocenters. The topological polar surface area (TPSA) is 38.3 Å². The lowest BCUT2D eigenvalue weighted by molar-refractivity contribution is 0.0366. The second-order valence-electron chi connectivity index (χ2n) is 3.01. The van der Waals surface area contributed by atoms with Gasteiger partial charge in [0.2, 0.25) is 0 Å². The van der Waals surface area contributed by atoms with Crippen LogP contribution < -0.4 is 5.48 Å². The van der Waals surface area contributed by atoms with Gasteiger partial charge in [0.15, 0.2) is 0 Å². The van der Waals surface area contributed by atoms with Crippen molar-refractivity contribution < 1.29 is 9.63 Å². The summed E-state index contributed by atoms with van der Waals surface area (Å²) in [5.41, 5.74) is 3.07. The fraction of sp³-hybridized carbons (Fsp3) is 0.182. The van der Waals surface area contributed by atoms with Gasteiger partial charge < -0.3 is 0 Å². The first kappa shape index (κ1) is 10.1. The molecule has 0 aliphatic carbocycles. The zero-order chi connectivity index (χ0) is 10.7. The van der Waals surface area contributed by atoms with Crippen LogP contribution in [0.25, 0.3) is 10.1 Å². The number of nitrogens with one attached hydrogen (secondary N) is 1. The zero-order valence-corrected chi connectivity index (χ0v) is 9.14. The van der Waals surface area contributed by atoms with Crippen LogP contribution in [-0.2, 0) is 4.84 Å². The van der Waals surface area contributed by atoms with Crippen LogP contribution in [0.15, 0.2) is 29.6 Å². The number of hydrogen-bond donors (Lipinski definition) is 1. The standard InChI is InChI=1S/C11H11NO2S/c1-2-14-12-11(13)9-7-15-10-6-4-3-5-8(9)10/h3-7H,2H2,1H3,(H,12,13). The van der Waals surface area contributed by atoms with E-state index in [9.17, 15) is 4.79 Å². The maximum atomic E-state index is 11.6. The van der Waals surface area contributed by atoms with Gasteiger partial charge in [0, 0.05) is 15.5 Å². The molecule has 1 N–H and O–H groups in total. The first-order chi connectivity index (χ1) is 7.33. The predicted molar refractivity (Wildman–Crippen MR) is 60.9 cm³/mol. The molecule has 0 fully saturated rings. The monoisotopic (exact) mass is 221 g/mol. The van der Waals surface area contributed by atoms with Crippen LogP contribution in [-0.4, -0.2) is 12.5 Å². The normalized spacial score (nSPS) is 10.5. The summed E-state index contributed by atoms with van der Waals surface area (Å²) >= 11 is 1.56. The van der Waals surface area contributed by atoms with Crippen molar-refractivity contribution in [2.45, 2.75) is 6.92 Å². The van der Waals surface area contributed by atoms with Crippen molar-refractivity contribution in [2.75, 3.05) is 6.61 Å². The highest BCUT2D eigenvalue weighted by molar-refractivity contribution is 7.17. The molecule has 78 valence electrons. The van der Waals surface area contributed by atoms with Crippen LogP contribution in [0.5, 0.6) is 0 Å². The second-order valence-corrected chi connectivity index (χ2v) is 3.92. The minimum absolute atomic E-state index is 0.186. The lowest BCUT2D eigenvalue weighted by Crippen LogP contribution is -2.23. The summed E-state index contributed by atoms with van der Waals surface area (Å²) in [6.07, 6.45) is 0. The summed E-state index contributed by atoms with van der Waals surface area (Å²) in [5, 5.41) is 2.82. The number of amides is 1. The minimum atomic E-state index is -0.186. The van der Waals surface area contributed by atoms with Crippen molar-refractivity contribution in [1.82, 2.24) is 5.48 Å². The van der Waals surface area contributed by atoms with Gasteiger partial charge >= 0.3 is 0 Å². The largest absolute Gasteiger partial charge is 0.276 e. The lowest BCUT2D eigenvalue weighted by atomic mass is 10.2. The van der Waals surface area contributed by atoms with Gasteiger partial charge in [-0.05, 0) is 13.0 Å². The third kappa shape index (κ3) is 2.00. The molecule has 3 nitrogen and oxygen atoms in total. The van der Waals surface area contributed by atoms with Gasteiger partial charge in [0.05, 0.1) is 12.2 Å². The third-order valence-corrected chi connectivity index (χ3v) is 3.00. The quantitative estimate of drug-likeness (QED) is 0.809.